The second-order valence-corrected chi connectivity index (χ2v) is 14.9. The zero-order valence-electron chi connectivity index (χ0n) is 20.8. The molecule has 5 heterocycles. The molecule has 0 saturated carbocycles. The molecule has 2 bridgehead atoms. The molecule has 4 N–H and O–H groups in total. The highest BCUT2D eigenvalue weighted by atomic mass is 32.5. The maximum atomic E-state index is 10.9. The number of anilines is 1. The Morgan fingerprint density at radius 1 is 0.925 bits per heavy atom. The summed E-state index contributed by atoms with van der Waals surface area (Å²) < 4.78 is 37.0. The third-order valence-corrected chi connectivity index (χ3v) is 9.72. The van der Waals surface area contributed by atoms with Crippen molar-refractivity contribution in [2.45, 2.75) is 49.6 Å². The number of hydrogen-bond acceptors (Lipinski definition) is 12. The van der Waals surface area contributed by atoms with Gasteiger partial charge in [-0.2, -0.15) is 0 Å². The summed E-state index contributed by atoms with van der Waals surface area (Å²) in [6, 6.07) is 9.37. The summed E-state index contributed by atoms with van der Waals surface area (Å²) >= 11 is 10.6. The number of imidazole rings is 1. The second-order valence-electron chi connectivity index (χ2n) is 9.31. The van der Waals surface area contributed by atoms with Crippen molar-refractivity contribution < 1.29 is 37.4 Å². The molecule has 2 unspecified atom stereocenters. The summed E-state index contributed by atoms with van der Waals surface area (Å²) in [6.07, 6.45) is -0.782. The number of nitrogens with two attached hydrogens (primary N) is 1. The highest BCUT2D eigenvalue weighted by Gasteiger charge is 2.44. The van der Waals surface area contributed by atoms with E-state index in [0.29, 0.717) is 11.2 Å². The van der Waals surface area contributed by atoms with Crippen LogP contribution >= 0.6 is 13.4 Å². The molecule has 3 fully saturated rings. The van der Waals surface area contributed by atoms with E-state index < -0.39 is 50.2 Å². The number of hydrogen-bond donors (Lipinski definition) is 3. The van der Waals surface area contributed by atoms with E-state index in [9.17, 15) is 9.79 Å². The molecule has 0 amide bonds. The zero-order valence-corrected chi connectivity index (χ0v) is 24.2. The summed E-state index contributed by atoms with van der Waals surface area (Å²) in [6.45, 7) is -7.78. The van der Waals surface area contributed by atoms with E-state index in [0.717, 1.165) is 5.56 Å². The average Bonchev–Trinajstić information content (AvgIpc) is 3.62. The number of fused-ring (bicyclic) bond motifs is 4. The molecule has 17 heteroatoms. The summed E-state index contributed by atoms with van der Waals surface area (Å²) in [7, 11) is 0. The molecule has 3 aliphatic rings. The first-order valence-corrected chi connectivity index (χ1v) is 17.5. The van der Waals surface area contributed by atoms with E-state index in [4.69, 9.17) is 56.9 Å². The van der Waals surface area contributed by atoms with Gasteiger partial charge in [0.05, 0.1) is 31.7 Å². The molecule has 3 aliphatic heterocycles. The topological polar surface area (TPSA) is 165 Å². The summed E-state index contributed by atoms with van der Waals surface area (Å²) in [4.78, 5) is 34.3. The van der Waals surface area contributed by atoms with Crippen LogP contribution in [0.2, 0.25) is 0 Å². The van der Waals surface area contributed by atoms with Crippen LogP contribution in [0, 0.1) is 11.8 Å². The quantitative estimate of drug-likeness (QED) is 0.266. The van der Waals surface area contributed by atoms with Gasteiger partial charge in [0.2, 0.25) is 0 Å². The smallest absolute Gasteiger partial charge is 0.325 e. The van der Waals surface area contributed by atoms with Gasteiger partial charge in [0, 0.05) is 18.4 Å². The van der Waals surface area contributed by atoms with Crippen molar-refractivity contribution in [2.24, 2.45) is 0 Å². The van der Waals surface area contributed by atoms with E-state index in [2.05, 4.69) is 26.8 Å². The SMILES string of the molecule is Nc1ncnc2c1ncn2[C@H]1C[C@@H]2OP(O)(=S)OC[C@@H]3C[C@@H](OP(O)(=S)OC[C@H]2O1)[C@H](C#Cc1ccccc1)O3. The number of nitrogens with zero attached hydrogens (tertiary/aromatic N) is 4. The molecule has 8 atom stereocenters. The zero-order chi connectivity index (χ0) is 27.9. The minimum absolute atomic E-state index is 0.0731. The standard InChI is InChI=1S/C23H25N5O8P2S2/c24-22-21-23(26-12-25-22)28(13-27-21)20-9-18-19(34-20)11-32-38(30,40)35-17-8-15(10-31-37(29,39)36-18)33-16(17)7-6-14-4-2-1-3-5-14/h1-5,12-13,15-20H,8-11H2,(H,29,39)(H,30,40)(H2,24,25,26)/t15-,16-,17+,18-,19+,20+,37?,38?/m0/s1. The normalized spacial score (nSPS) is 36.5. The number of benzene rings is 1. The average molecular weight is 626 g/mol. The fourth-order valence-corrected chi connectivity index (χ4v) is 7.65. The van der Waals surface area contributed by atoms with Crippen LogP contribution in [0.15, 0.2) is 43.0 Å². The fourth-order valence-electron chi connectivity index (χ4n) is 4.70. The summed E-state index contributed by atoms with van der Waals surface area (Å²) in [5.74, 6) is 6.30. The number of nitrogen functional groups attached to an aromatic ring is 1. The predicted octanol–water partition coefficient (Wildman–Crippen LogP) is 2.16. The first-order valence-electron chi connectivity index (χ1n) is 12.3. The van der Waals surface area contributed by atoms with E-state index in [-0.39, 0.29) is 31.9 Å². The fraction of sp³-hybridized carbons (Fsp3) is 0.435. The van der Waals surface area contributed by atoms with Crippen molar-refractivity contribution in [1.82, 2.24) is 19.5 Å². The van der Waals surface area contributed by atoms with Gasteiger partial charge in [0.15, 0.2) is 11.5 Å². The van der Waals surface area contributed by atoms with Crippen LogP contribution in [-0.2, 0) is 51.2 Å². The molecular weight excluding hydrogens is 600 g/mol. The molecule has 6 rings (SSSR count). The highest BCUT2D eigenvalue weighted by molar-refractivity contribution is 8.07. The molecule has 0 radical (unpaired) electrons. The Bertz CT molecular complexity index is 1550. The van der Waals surface area contributed by atoms with Gasteiger partial charge in [-0.15, -0.1) is 0 Å². The van der Waals surface area contributed by atoms with Crippen LogP contribution < -0.4 is 5.73 Å². The Morgan fingerprint density at radius 3 is 2.48 bits per heavy atom. The maximum absolute atomic E-state index is 10.9. The minimum atomic E-state index is -3.77. The van der Waals surface area contributed by atoms with Crippen molar-refractivity contribution in [2.75, 3.05) is 18.9 Å². The van der Waals surface area contributed by atoms with Crippen LogP contribution in [-0.4, -0.2) is 73.0 Å². The summed E-state index contributed by atoms with van der Waals surface area (Å²) in [5.41, 5.74) is 7.58. The minimum Gasteiger partial charge on any atom is -0.382 e. The lowest BCUT2D eigenvalue weighted by atomic mass is 10.1. The van der Waals surface area contributed by atoms with Gasteiger partial charge >= 0.3 is 13.4 Å². The van der Waals surface area contributed by atoms with Crippen LogP contribution in [0.5, 0.6) is 0 Å². The Labute approximate surface area is 239 Å². The van der Waals surface area contributed by atoms with Crippen LogP contribution in [0.25, 0.3) is 11.2 Å². The van der Waals surface area contributed by atoms with Gasteiger partial charge in [0.1, 0.15) is 36.4 Å². The number of ether oxygens (including phenoxy) is 2. The van der Waals surface area contributed by atoms with Crippen molar-refractivity contribution >= 4 is 54.0 Å². The predicted molar refractivity (Wildman–Crippen MR) is 150 cm³/mol. The number of aromatic nitrogens is 4. The molecule has 0 spiro atoms. The van der Waals surface area contributed by atoms with Gasteiger partial charge in [-0.3, -0.25) is 4.57 Å². The monoisotopic (exact) mass is 625 g/mol. The van der Waals surface area contributed by atoms with E-state index in [1.807, 2.05) is 30.3 Å². The molecule has 3 aromatic rings. The summed E-state index contributed by atoms with van der Waals surface area (Å²) in [5, 5.41) is 0. The lowest BCUT2D eigenvalue weighted by molar-refractivity contribution is -0.0434. The van der Waals surface area contributed by atoms with Crippen molar-refractivity contribution in [3.05, 3.63) is 48.5 Å². The van der Waals surface area contributed by atoms with E-state index >= 15 is 0 Å². The first-order chi connectivity index (χ1) is 19.2. The van der Waals surface area contributed by atoms with Gasteiger partial charge in [0.25, 0.3) is 0 Å². The molecule has 40 heavy (non-hydrogen) atoms. The number of rotatable bonds is 1. The van der Waals surface area contributed by atoms with E-state index in [1.54, 1.807) is 4.57 Å². The van der Waals surface area contributed by atoms with Gasteiger partial charge in [-0.1, -0.05) is 30.0 Å². The van der Waals surface area contributed by atoms with Gasteiger partial charge < -0.3 is 43.1 Å². The molecule has 2 aromatic heterocycles. The molecular formula is C23H25N5O8P2S2. The molecule has 13 nitrogen and oxygen atoms in total. The Hall–Kier alpha value is -1.89. The van der Waals surface area contributed by atoms with Crippen molar-refractivity contribution in [1.29, 1.82) is 0 Å². The van der Waals surface area contributed by atoms with Crippen LogP contribution in [0.4, 0.5) is 5.82 Å². The Kier molecular flexibility index (Phi) is 8.06. The first kappa shape index (κ1) is 28.2. The third kappa shape index (κ3) is 6.29. The van der Waals surface area contributed by atoms with Crippen molar-refractivity contribution in [3.63, 3.8) is 0 Å². The molecule has 0 aliphatic carbocycles. The lowest BCUT2D eigenvalue weighted by Gasteiger charge is -2.26. The maximum Gasteiger partial charge on any atom is 0.325 e. The highest BCUT2D eigenvalue weighted by Crippen LogP contribution is 2.52. The largest absolute Gasteiger partial charge is 0.382 e. The Balaban J connectivity index is 1.23. The van der Waals surface area contributed by atoms with Gasteiger partial charge in [-0.05, 0) is 35.7 Å². The second kappa shape index (κ2) is 11.4. The van der Waals surface area contributed by atoms with Gasteiger partial charge in [-0.25, -0.2) is 15.0 Å². The Morgan fingerprint density at radius 2 is 1.68 bits per heavy atom. The third-order valence-electron chi connectivity index (χ3n) is 6.55. The van der Waals surface area contributed by atoms with E-state index in [1.165, 1.54) is 12.7 Å². The lowest BCUT2D eigenvalue weighted by Crippen LogP contribution is -2.29. The van der Waals surface area contributed by atoms with Crippen LogP contribution in [0.1, 0.15) is 24.6 Å². The molecule has 212 valence electrons. The molecule has 1 aromatic carbocycles. The van der Waals surface area contributed by atoms with Crippen LogP contribution in [0.3, 0.4) is 0 Å². The van der Waals surface area contributed by atoms with Crippen molar-refractivity contribution in [3.8, 4) is 11.8 Å². The molecule has 3 saturated heterocycles.